The second-order valence-electron chi connectivity index (χ2n) is 6.05. The summed E-state index contributed by atoms with van der Waals surface area (Å²) in [6.07, 6.45) is 0. The first-order chi connectivity index (χ1) is 14.2. The Kier molecular flexibility index (Phi) is 5.96. The Morgan fingerprint density at radius 3 is 2.59 bits per heavy atom. The SMILES string of the molecule is CCn1c(SCc2nnc(-c3ccc(Br)cc3)o2)nnc1-c1ccccc1OC. The van der Waals surface area contributed by atoms with E-state index >= 15 is 0 Å². The first-order valence-corrected chi connectivity index (χ1v) is 10.7. The number of aromatic nitrogens is 5. The van der Waals surface area contributed by atoms with Crippen molar-refractivity contribution in [1.82, 2.24) is 25.0 Å². The number of rotatable bonds is 7. The van der Waals surface area contributed by atoms with Gasteiger partial charge in [0, 0.05) is 16.6 Å². The number of benzene rings is 2. The van der Waals surface area contributed by atoms with Crippen LogP contribution in [-0.4, -0.2) is 32.1 Å². The van der Waals surface area contributed by atoms with Gasteiger partial charge in [0.25, 0.3) is 0 Å². The number of ether oxygens (including phenoxy) is 1. The maximum atomic E-state index is 5.80. The highest BCUT2D eigenvalue weighted by atomic mass is 79.9. The molecule has 0 saturated heterocycles. The van der Waals surface area contributed by atoms with Crippen molar-refractivity contribution in [3.05, 3.63) is 58.9 Å². The van der Waals surface area contributed by atoms with Crippen LogP contribution in [0.5, 0.6) is 5.75 Å². The maximum absolute atomic E-state index is 5.80. The Labute approximate surface area is 180 Å². The average Bonchev–Trinajstić information content (AvgIpc) is 3.39. The average molecular weight is 472 g/mol. The fourth-order valence-corrected chi connectivity index (χ4v) is 3.96. The van der Waals surface area contributed by atoms with Gasteiger partial charge in [0.1, 0.15) is 5.75 Å². The Morgan fingerprint density at radius 1 is 1.03 bits per heavy atom. The maximum Gasteiger partial charge on any atom is 0.247 e. The van der Waals surface area contributed by atoms with Crippen molar-refractivity contribution in [1.29, 1.82) is 0 Å². The monoisotopic (exact) mass is 471 g/mol. The summed E-state index contributed by atoms with van der Waals surface area (Å²) >= 11 is 4.93. The number of nitrogens with zero attached hydrogens (tertiary/aromatic N) is 5. The van der Waals surface area contributed by atoms with Crippen LogP contribution in [0.4, 0.5) is 0 Å². The molecular formula is C20H18BrN5O2S. The van der Waals surface area contributed by atoms with Gasteiger partial charge < -0.3 is 13.7 Å². The molecule has 0 aliphatic heterocycles. The molecule has 0 fully saturated rings. The molecule has 0 aliphatic rings. The zero-order valence-electron chi connectivity index (χ0n) is 15.9. The normalized spacial score (nSPS) is 11.0. The third kappa shape index (κ3) is 4.20. The summed E-state index contributed by atoms with van der Waals surface area (Å²) in [6.45, 7) is 2.79. The summed E-state index contributed by atoms with van der Waals surface area (Å²) in [5, 5.41) is 17.8. The Morgan fingerprint density at radius 2 is 1.83 bits per heavy atom. The van der Waals surface area contributed by atoms with Gasteiger partial charge in [-0.05, 0) is 43.3 Å². The molecule has 4 rings (SSSR count). The Bertz CT molecular complexity index is 1110. The quantitative estimate of drug-likeness (QED) is 0.347. The van der Waals surface area contributed by atoms with E-state index in [-0.39, 0.29) is 0 Å². The van der Waals surface area contributed by atoms with E-state index in [0.717, 1.165) is 38.9 Å². The number of halogens is 1. The van der Waals surface area contributed by atoms with Gasteiger partial charge in [0.2, 0.25) is 11.8 Å². The zero-order valence-corrected chi connectivity index (χ0v) is 18.3. The number of hydrogen-bond donors (Lipinski definition) is 0. The lowest BCUT2D eigenvalue weighted by molar-refractivity contribution is 0.416. The highest BCUT2D eigenvalue weighted by Gasteiger charge is 2.17. The van der Waals surface area contributed by atoms with E-state index < -0.39 is 0 Å². The molecule has 29 heavy (non-hydrogen) atoms. The second-order valence-corrected chi connectivity index (χ2v) is 7.91. The number of methoxy groups -OCH3 is 1. The van der Waals surface area contributed by atoms with Crippen LogP contribution in [0.1, 0.15) is 12.8 Å². The van der Waals surface area contributed by atoms with Crippen molar-refractivity contribution in [2.45, 2.75) is 24.4 Å². The van der Waals surface area contributed by atoms with E-state index in [4.69, 9.17) is 9.15 Å². The number of thioether (sulfide) groups is 1. The predicted molar refractivity (Wildman–Crippen MR) is 115 cm³/mol. The van der Waals surface area contributed by atoms with Crippen LogP contribution < -0.4 is 4.74 Å². The zero-order chi connectivity index (χ0) is 20.2. The minimum absolute atomic E-state index is 0.500. The van der Waals surface area contributed by atoms with Crippen LogP contribution in [0.3, 0.4) is 0 Å². The lowest BCUT2D eigenvalue weighted by atomic mass is 10.2. The Balaban J connectivity index is 1.52. The van der Waals surface area contributed by atoms with E-state index in [1.54, 1.807) is 7.11 Å². The van der Waals surface area contributed by atoms with Crippen LogP contribution in [0.25, 0.3) is 22.8 Å². The molecule has 9 heteroatoms. The molecular weight excluding hydrogens is 454 g/mol. The van der Waals surface area contributed by atoms with Gasteiger partial charge in [0.15, 0.2) is 11.0 Å². The molecule has 0 saturated carbocycles. The van der Waals surface area contributed by atoms with Gasteiger partial charge in [-0.15, -0.1) is 20.4 Å². The molecule has 2 heterocycles. The topological polar surface area (TPSA) is 78.9 Å². The van der Waals surface area contributed by atoms with Crippen LogP contribution in [0.2, 0.25) is 0 Å². The second kappa shape index (κ2) is 8.79. The third-order valence-corrected chi connectivity index (χ3v) is 5.74. The molecule has 2 aromatic heterocycles. The summed E-state index contributed by atoms with van der Waals surface area (Å²) in [5.41, 5.74) is 1.79. The van der Waals surface area contributed by atoms with Crippen molar-refractivity contribution >= 4 is 27.7 Å². The fraction of sp³-hybridized carbons (Fsp3) is 0.200. The van der Waals surface area contributed by atoms with Crippen molar-refractivity contribution in [3.8, 4) is 28.6 Å². The van der Waals surface area contributed by atoms with Gasteiger partial charge in [-0.3, -0.25) is 0 Å². The molecule has 0 aliphatic carbocycles. The molecule has 0 radical (unpaired) electrons. The largest absolute Gasteiger partial charge is 0.496 e. The fourth-order valence-electron chi connectivity index (χ4n) is 2.86. The van der Waals surface area contributed by atoms with E-state index in [0.29, 0.717) is 17.5 Å². The summed E-state index contributed by atoms with van der Waals surface area (Å²) in [7, 11) is 1.65. The third-order valence-electron chi connectivity index (χ3n) is 4.26. The number of para-hydroxylation sites is 1. The van der Waals surface area contributed by atoms with Crippen LogP contribution in [0, 0.1) is 0 Å². The summed E-state index contributed by atoms with van der Waals surface area (Å²) < 4.78 is 14.3. The van der Waals surface area contributed by atoms with E-state index in [9.17, 15) is 0 Å². The van der Waals surface area contributed by atoms with Crippen molar-refractivity contribution in [2.75, 3.05) is 7.11 Å². The van der Waals surface area contributed by atoms with E-state index in [1.807, 2.05) is 48.5 Å². The van der Waals surface area contributed by atoms with E-state index in [1.165, 1.54) is 11.8 Å². The van der Waals surface area contributed by atoms with Gasteiger partial charge in [-0.1, -0.05) is 39.8 Å². The van der Waals surface area contributed by atoms with E-state index in [2.05, 4.69) is 47.8 Å². The lowest BCUT2D eigenvalue weighted by Gasteiger charge is -2.09. The first kappa shape index (κ1) is 19.7. The van der Waals surface area contributed by atoms with Gasteiger partial charge in [-0.25, -0.2) is 0 Å². The molecule has 0 atom stereocenters. The molecule has 0 amide bonds. The minimum Gasteiger partial charge on any atom is -0.496 e. The minimum atomic E-state index is 0.500. The predicted octanol–water partition coefficient (Wildman–Crippen LogP) is 5.08. The molecule has 0 unspecified atom stereocenters. The molecule has 0 N–H and O–H groups in total. The molecule has 148 valence electrons. The van der Waals surface area contributed by atoms with Gasteiger partial charge in [-0.2, -0.15) is 0 Å². The standard InChI is InChI=1S/C20H18BrN5O2S/c1-3-26-18(15-6-4-5-7-16(15)27-2)23-25-20(26)29-12-17-22-24-19(28-17)13-8-10-14(21)11-9-13/h4-11H,3,12H2,1-2H3. The first-order valence-electron chi connectivity index (χ1n) is 8.97. The van der Waals surface area contributed by atoms with Gasteiger partial charge in [0.05, 0.1) is 18.4 Å². The number of hydrogen-bond acceptors (Lipinski definition) is 7. The Hall–Kier alpha value is -2.65. The summed E-state index contributed by atoms with van der Waals surface area (Å²) in [6, 6.07) is 15.5. The highest BCUT2D eigenvalue weighted by Crippen LogP contribution is 2.32. The molecule has 2 aromatic carbocycles. The van der Waals surface area contributed by atoms with Crippen LogP contribution >= 0.6 is 27.7 Å². The molecule has 4 aromatic rings. The van der Waals surface area contributed by atoms with Crippen LogP contribution in [-0.2, 0) is 12.3 Å². The molecule has 0 bridgehead atoms. The smallest absolute Gasteiger partial charge is 0.247 e. The van der Waals surface area contributed by atoms with Gasteiger partial charge >= 0.3 is 0 Å². The highest BCUT2D eigenvalue weighted by molar-refractivity contribution is 9.10. The van der Waals surface area contributed by atoms with Crippen LogP contribution in [0.15, 0.2) is 62.6 Å². The lowest BCUT2D eigenvalue weighted by Crippen LogP contribution is -2.01. The van der Waals surface area contributed by atoms with Crippen molar-refractivity contribution in [2.24, 2.45) is 0 Å². The summed E-state index contributed by atoms with van der Waals surface area (Å²) in [5.74, 6) is 3.08. The summed E-state index contributed by atoms with van der Waals surface area (Å²) in [4.78, 5) is 0. The van der Waals surface area contributed by atoms with Crippen molar-refractivity contribution < 1.29 is 9.15 Å². The molecule has 7 nitrogen and oxygen atoms in total. The molecule has 0 spiro atoms. The van der Waals surface area contributed by atoms with Crippen molar-refractivity contribution in [3.63, 3.8) is 0 Å².